The lowest BCUT2D eigenvalue weighted by atomic mass is 9.70. The molecule has 3 rings (SSSR count). The molecule has 7 nitrogen and oxygen atoms in total. The van der Waals surface area contributed by atoms with E-state index in [0.717, 1.165) is 79.6 Å². The molecule has 0 saturated carbocycles. The normalized spacial score (nSPS) is 20.5. The molecule has 1 aromatic rings. The van der Waals surface area contributed by atoms with Crippen LogP contribution in [0.1, 0.15) is 161 Å². The van der Waals surface area contributed by atoms with Crippen molar-refractivity contribution < 1.29 is 24.4 Å². The SMILES string of the molecule is C=C(Cl)CC1(CCCCCCCCCC)C(=C)/C=C\C=C/CN(CCC(=O)O)/C1=C/C=C(C#N)/C=C/C1=[N+](CCC(=O)O)c2ccccc2C1(CCCCCCCCCC)CC(=C)Cl. The summed E-state index contributed by atoms with van der Waals surface area (Å²) < 4.78 is 2.09. The van der Waals surface area contributed by atoms with Gasteiger partial charge in [-0.3, -0.25) is 9.59 Å². The first-order valence-electron chi connectivity index (χ1n) is 24.0. The highest BCUT2D eigenvalue weighted by Crippen LogP contribution is 2.50. The number of unbranched alkanes of at least 4 members (excludes halogenated alkanes) is 14. The molecule has 0 radical (unpaired) electrons. The highest BCUT2D eigenvalue weighted by atomic mass is 35.5. The van der Waals surface area contributed by atoms with Crippen molar-refractivity contribution in [3.63, 3.8) is 0 Å². The number of nitriles is 1. The van der Waals surface area contributed by atoms with E-state index in [1.807, 2.05) is 66.8 Å². The predicted octanol–water partition coefficient (Wildman–Crippen LogP) is 15.2. The van der Waals surface area contributed by atoms with E-state index in [-0.39, 0.29) is 25.9 Å². The van der Waals surface area contributed by atoms with Crippen LogP contribution in [0.4, 0.5) is 5.69 Å². The quantitative estimate of drug-likeness (QED) is 0.0333. The largest absolute Gasteiger partial charge is 0.481 e. The summed E-state index contributed by atoms with van der Waals surface area (Å²) in [6.07, 6.45) is 36.3. The first-order chi connectivity index (χ1) is 30.8. The lowest BCUT2D eigenvalue weighted by Crippen LogP contribution is -2.38. The second kappa shape index (κ2) is 29.2. The Balaban J connectivity index is 2.21. The third kappa shape index (κ3) is 16.9. The minimum atomic E-state index is -0.899. The maximum Gasteiger partial charge on any atom is 0.309 e. The average Bonchev–Trinajstić information content (AvgIpc) is 3.53. The van der Waals surface area contributed by atoms with Gasteiger partial charge in [0.05, 0.1) is 23.5 Å². The number of carbonyl (C=O) groups is 2. The van der Waals surface area contributed by atoms with Gasteiger partial charge in [-0.15, -0.1) is 0 Å². The number of nitrogens with zero attached hydrogens (tertiary/aromatic N) is 3. The molecule has 0 amide bonds. The molecule has 0 spiro atoms. The maximum atomic E-state index is 12.1. The van der Waals surface area contributed by atoms with Crippen molar-refractivity contribution in [3.05, 3.63) is 125 Å². The molecule has 9 heteroatoms. The Morgan fingerprint density at radius 1 is 0.812 bits per heavy atom. The molecule has 2 heterocycles. The van der Waals surface area contributed by atoms with E-state index >= 15 is 0 Å². The molecule has 2 unspecified atom stereocenters. The molecule has 0 aliphatic carbocycles. The van der Waals surface area contributed by atoms with E-state index in [2.05, 4.69) is 55.2 Å². The van der Waals surface area contributed by atoms with Gasteiger partial charge in [0.1, 0.15) is 6.42 Å². The summed E-state index contributed by atoms with van der Waals surface area (Å²) in [7, 11) is 0. The van der Waals surface area contributed by atoms with Crippen LogP contribution in [0.25, 0.3) is 0 Å². The van der Waals surface area contributed by atoms with Crippen LogP contribution in [0, 0.1) is 16.7 Å². The van der Waals surface area contributed by atoms with Crippen LogP contribution in [0.3, 0.4) is 0 Å². The summed E-state index contributed by atoms with van der Waals surface area (Å²) in [5.74, 6) is -1.79. The van der Waals surface area contributed by atoms with Crippen molar-refractivity contribution in [3.8, 4) is 6.07 Å². The van der Waals surface area contributed by atoms with Crippen LogP contribution in [0.5, 0.6) is 0 Å². The summed E-state index contributed by atoms with van der Waals surface area (Å²) in [5, 5.41) is 31.5. The van der Waals surface area contributed by atoms with Crippen LogP contribution in [0.15, 0.2) is 120 Å². The number of carboxylic acids is 2. The molecule has 2 aliphatic heterocycles. The Hall–Kier alpha value is -4.38. The smallest absolute Gasteiger partial charge is 0.309 e. The number of hydrogen-bond donors (Lipinski definition) is 2. The summed E-state index contributed by atoms with van der Waals surface area (Å²) in [5.41, 5.74) is 3.68. The van der Waals surface area contributed by atoms with E-state index < -0.39 is 22.8 Å². The number of benzene rings is 1. The van der Waals surface area contributed by atoms with Crippen molar-refractivity contribution in [2.75, 3.05) is 19.6 Å². The Labute approximate surface area is 396 Å². The molecule has 2 aliphatic rings. The molecule has 0 saturated heterocycles. The van der Waals surface area contributed by atoms with Crippen molar-refractivity contribution in [2.24, 2.45) is 5.41 Å². The third-order valence-corrected chi connectivity index (χ3v) is 13.1. The average molecular weight is 914 g/mol. The molecule has 0 aromatic heterocycles. The van der Waals surface area contributed by atoms with E-state index in [0.29, 0.717) is 35.0 Å². The number of hydrogen-bond acceptors (Lipinski definition) is 4. The standard InChI is InChI=1S/C55H75Cl2N3O4/c1-6-8-10-12-14-16-18-24-36-54(41-45(4)56)44(3)27-21-20-26-38-59(39-34-52(61)62)50(54)32-30-47(43-58)31-33-51-55(42-46(5)57,37-25-19-17-15-13-11-9-7-2)48-28-22-23-29-49(48)60(51)40-35-53(63)64/h20-23,26-33H,3-19,24-25,34-42H2,1-2H3,(H-,61,62,63,64)/p+1/b26-20-,27-21-. The molecular formula is C55H76Cl2N3O4+. The van der Waals surface area contributed by atoms with E-state index in [4.69, 9.17) is 23.2 Å². The van der Waals surface area contributed by atoms with Gasteiger partial charge < -0.3 is 15.1 Å². The molecule has 64 heavy (non-hydrogen) atoms. The van der Waals surface area contributed by atoms with Crippen LogP contribution < -0.4 is 0 Å². The molecule has 2 N–H and O–H groups in total. The third-order valence-electron chi connectivity index (χ3n) is 12.8. The number of aliphatic carboxylic acids is 2. The van der Waals surface area contributed by atoms with Gasteiger partial charge in [0.25, 0.3) is 0 Å². The summed E-state index contributed by atoms with van der Waals surface area (Å²) in [6.45, 7) is 18.3. The summed E-state index contributed by atoms with van der Waals surface area (Å²) >= 11 is 13.5. The Morgan fingerprint density at radius 2 is 1.36 bits per heavy atom. The Bertz CT molecular complexity index is 1970. The zero-order valence-electron chi connectivity index (χ0n) is 39.0. The van der Waals surface area contributed by atoms with Gasteiger partial charge >= 0.3 is 11.9 Å². The predicted molar refractivity (Wildman–Crippen MR) is 268 cm³/mol. The van der Waals surface area contributed by atoms with Gasteiger partial charge in [0.2, 0.25) is 5.69 Å². The highest BCUT2D eigenvalue weighted by Gasteiger charge is 2.50. The van der Waals surface area contributed by atoms with Crippen LogP contribution in [-0.4, -0.2) is 57.0 Å². The van der Waals surface area contributed by atoms with Gasteiger partial charge in [0.15, 0.2) is 12.3 Å². The molecule has 1 aromatic carbocycles. The summed E-state index contributed by atoms with van der Waals surface area (Å²) in [6, 6.07) is 10.6. The molecular weight excluding hydrogens is 838 g/mol. The van der Waals surface area contributed by atoms with Gasteiger partial charge in [-0.05, 0) is 43.1 Å². The summed E-state index contributed by atoms with van der Waals surface area (Å²) in [4.78, 5) is 26.2. The lowest BCUT2D eigenvalue weighted by Gasteiger charge is -2.43. The zero-order valence-corrected chi connectivity index (χ0v) is 40.5. The maximum absolute atomic E-state index is 12.1. The number of carboxylic acid groups (broad SMARTS) is 2. The van der Waals surface area contributed by atoms with Gasteiger partial charge in [-0.2, -0.15) is 9.84 Å². The van der Waals surface area contributed by atoms with Gasteiger partial charge in [-0.25, -0.2) is 0 Å². The Morgan fingerprint density at radius 3 is 1.92 bits per heavy atom. The van der Waals surface area contributed by atoms with Crippen molar-refractivity contribution in [1.29, 1.82) is 5.26 Å². The number of rotatable bonds is 31. The number of fused-ring (bicyclic) bond motifs is 1. The number of allylic oxidation sites excluding steroid dienone is 11. The molecule has 2 atom stereocenters. The molecule has 0 fully saturated rings. The highest BCUT2D eigenvalue weighted by molar-refractivity contribution is 6.29. The molecule has 0 bridgehead atoms. The van der Waals surface area contributed by atoms with E-state index in [1.165, 1.54) is 64.2 Å². The monoisotopic (exact) mass is 913 g/mol. The first-order valence-corrected chi connectivity index (χ1v) is 24.7. The fourth-order valence-corrected chi connectivity index (χ4v) is 10.0. The van der Waals surface area contributed by atoms with E-state index in [9.17, 15) is 25.1 Å². The zero-order chi connectivity index (χ0) is 46.8. The number of para-hydroxylation sites is 1. The van der Waals surface area contributed by atoms with Crippen LogP contribution >= 0.6 is 23.2 Å². The minimum absolute atomic E-state index is 0.0693. The van der Waals surface area contributed by atoms with Crippen LogP contribution in [0.2, 0.25) is 0 Å². The fraction of sp³-hybridized carbons (Fsp3) is 0.527. The van der Waals surface area contributed by atoms with Crippen LogP contribution in [-0.2, 0) is 15.0 Å². The van der Waals surface area contributed by atoms with Crippen molar-refractivity contribution in [2.45, 2.75) is 161 Å². The Kier molecular flexibility index (Phi) is 24.6. The van der Waals surface area contributed by atoms with Gasteiger partial charge in [0, 0.05) is 58.4 Å². The van der Waals surface area contributed by atoms with Crippen molar-refractivity contribution in [1.82, 2.24) is 4.90 Å². The number of halogens is 2. The van der Waals surface area contributed by atoms with Crippen molar-refractivity contribution >= 4 is 46.5 Å². The second-order valence-corrected chi connectivity index (χ2v) is 18.8. The lowest BCUT2D eigenvalue weighted by molar-refractivity contribution is -0.436. The van der Waals surface area contributed by atoms with E-state index in [1.54, 1.807) is 0 Å². The topological polar surface area (TPSA) is 105 Å². The molecule has 348 valence electrons. The van der Waals surface area contributed by atoms with Gasteiger partial charge in [-0.1, -0.05) is 202 Å². The second-order valence-electron chi connectivity index (χ2n) is 17.7. The first kappa shape index (κ1) is 54.0. The minimum Gasteiger partial charge on any atom is -0.481 e. The fourth-order valence-electron chi connectivity index (χ4n) is 9.57.